The van der Waals surface area contributed by atoms with Crippen molar-refractivity contribution in [1.29, 1.82) is 0 Å². The minimum atomic E-state index is -0.487. The first-order valence-electron chi connectivity index (χ1n) is 12.8. The molecule has 1 aromatic heterocycles. The molecule has 1 atom stereocenters. The molecular weight excluding hydrogens is 513 g/mol. The highest BCUT2D eigenvalue weighted by Gasteiger charge is 2.27. The molecule has 0 aliphatic carbocycles. The van der Waals surface area contributed by atoms with Gasteiger partial charge in [0.05, 0.1) is 37.6 Å². The van der Waals surface area contributed by atoms with Gasteiger partial charge in [-0.25, -0.2) is 14.4 Å². The Kier molecular flexibility index (Phi) is 8.11. The number of rotatable bonds is 8. The van der Waals surface area contributed by atoms with Gasteiger partial charge in [-0.1, -0.05) is 11.6 Å². The number of carbonyl (C=O) groups excluding carboxylic acids is 1. The topological polar surface area (TPSA) is 100 Å². The molecule has 9 nitrogen and oxygen atoms in total. The molecule has 3 aromatic rings. The number of anilines is 2. The van der Waals surface area contributed by atoms with Gasteiger partial charge in [-0.2, -0.15) is 0 Å². The summed E-state index contributed by atoms with van der Waals surface area (Å²) in [5.41, 5.74) is 0.872. The lowest BCUT2D eigenvalue weighted by atomic mass is 9.97. The number of likely N-dealkylation sites (tertiary alicyclic amines) is 2. The Morgan fingerprint density at radius 3 is 2.68 bits per heavy atom. The van der Waals surface area contributed by atoms with E-state index in [1.54, 1.807) is 31.4 Å². The number of amides is 1. The third-order valence-corrected chi connectivity index (χ3v) is 7.39. The van der Waals surface area contributed by atoms with E-state index in [0.717, 1.165) is 25.8 Å². The average Bonchev–Trinajstić information content (AvgIpc) is 3.33. The maximum absolute atomic E-state index is 14.3. The Morgan fingerprint density at radius 1 is 1.16 bits per heavy atom. The molecule has 2 saturated heterocycles. The van der Waals surface area contributed by atoms with Gasteiger partial charge in [-0.05, 0) is 49.4 Å². The van der Waals surface area contributed by atoms with Gasteiger partial charge in [0.15, 0.2) is 11.5 Å². The van der Waals surface area contributed by atoms with E-state index in [1.807, 2.05) is 9.80 Å². The monoisotopic (exact) mass is 543 g/mol. The number of benzene rings is 2. The number of β-amino-alcohol motifs (C(OH)–C–C–N with tert-alkyl or cyclic N) is 1. The van der Waals surface area contributed by atoms with Crippen molar-refractivity contribution in [2.75, 3.05) is 51.8 Å². The summed E-state index contributed by atoms with van der Waals surface area (Å²) in [5, 5.41) is 13.7. The molecule has 2 aliphatic heterocycles. The van der Waals surface area contributed by atoms with Crippen LogP contribution in [-0.2, 0) is 4.79 Å². The molecule has 2 N–H and O–H groups in total. The zero-order valence-corrected chi connectivity index (χ0v) is 22.0. The Morgan fingerprint density at radius 2 is 1.97 bits per heavy atom. The van der Waals surface area contributed by atoms with Gasteiger partial charge in [0.1, 0.15) is 18.0 Å². The van der Waals surface area contributed by atoms with Gasteiger partial charge in [-0.15, -0.1) is 0 Å². The second kappa shape index (κ2) is 11.7. The third kappa shape index (κ3) is 6.09. The number of methoxy groups -OCH3 is 1. The largest absolute Gasteiger partial charge is 0.493 e. The number of halogens is 2. The summed E-state index contributed by atoms with van der Waals surface area (Å²) in [6.07, 6.45) is 3.53. The van der Waals surface area contributed by atoms with Crippen LogP contribution < -0.4 is 14.8 Å². The van der Waals surface area contributed by atoms with Crippen molar-refractivity contribution in [3.63, 3.8) is 0 Å². The molecule has 1 amide bonds. The molecule has 2 aromatic carbocycles. The number of aliphatic hydroxyl groups excluding tert-OH is 1. The number of aromatic nitrogens is 2. The second-order valence-electron chi connectivity index (χ2n) is 9.80. The molecule has 0 radical (unpaired) electrons. The van der Waals surface area contributed by atoms with E-state index in [-0.39, 0.29) is 17.7 Å². The molecule has 2 aliphatic rings. The van der Waals surface area contributed by atoms with Gasteiger partial charge in [-0.3, -0.25) is 9.69 Å². The van der Waals surface area contributed by atoms with E-state index in [4.69, 9.17) is 21.1 Å². The predicted molar refractivity (Wildman–Crippen MR) is 143 cm³/mol. The van der Waals surface area contributed by atoms with Gasteiger partial charge >= 0.3 is 0 Å². The Bertz CT molecular complexity index is 1300. The van der Waals surface area contributed by atoms with E-state index < -0.39 is 5.82 Å². The lowest BCUT2D eigenvalue weighted by Crippen LogP contribution is -2.44. The summed E-state index contributed by atoms with van der Waals surface area (Å²) in [6.45, 7) is 3.60. The van der Waals surface area contributed by atoms with E-state index >= 15 is 0 Å². The van der Waals surface area contributed by atoms with Gasteiger partial charge in [0.2, 0.25) is 5.91 Å². The van der Waals surface area contributed by atoms with Crippen molar-refractivity contribution in [2.45, 2.75) is 25.4 Å². The van der Waals surface area contributed by atoms with Crippen molar-refractivity contribution in [1.82, 2.24) is 19.8 Å². The fourth-order valence-electron chi connectivity index (χ4n) is 4.96. The lowest BCUT2D eigenvalue weighted by Gasteiger charge is -2.33. The smallest absolute Gasteiger partial charge is 0.236 e. The summed E-state index contributed by atoms with van der Waals surface area (Å²) in [5.74, 6) is 1.46. The zero-order valence-electron chi connectivity index (χ0n) is 21.2. The first-order chi connectivity index (χ1) is 18.4. The maximum Gasteiger partial charge on any atom is 0.236 e. The third-order valence-electron chi connectivity index (χ3n) is 7.15. The van der Waals surface area contributed by atoms with Gasteiger partial charge in [0, 0.05) is 42.7 Å². The number of hydrogen-bond donors (Lipinski definition) is 2. The highest BCUT2D eigenvalue weighted by atomic mass is 35.5. The molecule has 2 fully saturated rings. The van der Waals surface area contributed by atoms with Crippen molar-refractivity contribution >= 4 is 39.9 Å². The lowest BCUT2D eigenvalue weighted by molar-refractivity contribution is -0.133. The van der Waals surface area contributed by atoms with E-state index in [9.17, 15) is 14.3 Å². The fraction of sp³-hybridized carbons (Fsp3) is 0.444. The molecule has 0 bridgehead atoms. The average molecular weight is 544 g/mol. The number of nitrogens with one attached hydrogen (secondary N) is 1. The van der Waals surface area contributed by atoms with Crippen molar-refractivity contribution in [3.05, 3.63) is 47.5 Å². The molecule has 202 valence electrons. The normalized spacial score (nSPS) is 18.6. The van der Waals surface area contributed by atoms with Gasteiger partial charge < -0.3 is 24.8 Å². The Balaban J connectivity index is 1.21. The second-order valence-corrected chi connectivity index (χ2v) is 10.2. The van der Waals surface area contributed by atoms with Crippen LogP contribution in [0.2, 0.25) is 5.02 Å². The van der Waals surface area contributed by atoms with Crippen LogP contribution in [0.25, 0.3) is 10.9 Å². The van der Waals surface area contributed by atoms with Gasteiger partial charge in [0.25, 0.3) is 0 Å². The number of fused-ring (bicyclic) bond motifs is 1. The number of nitrogens with zero attached hydrogens (tertiary/aromatic N) is 4. The fourth-order valence-corrected chi connectivity index (χ4v) is 5.12. The highest BCUT2D eigenvalue weighted by molar-refractivity contribution is 6.30. The van der Waals surface area contributed by atoms with Crippen LogP contribution >= 0.6 is 11.6 Å². The quantitative estimate of drug-likeness (QED) is 0.442. The SMILES string of the molecule is COc1cc2c(Nc3ccc(Cl)cc3F)ncnc2cc1OCC1CCN(C(=O)CN2CC[C@H](O)C2)CC1. The number of hydrogen-bond acceptors (Lipinski definition) is 8. The van der Waals surface area contributed by atoms with Crippen molar-refractivity contribution in [3.8, 4) is 11.5 Å². The molecular formula is C27H31ClFN5O4. The van der Waals surface area contributed by atoms with Crippen LogP contribution in [0.3, 0.4) is 0 Å². The van der Waals surface area contributed by atoms with E-state index in [0.29, 0.717) is 71.9 Å². The van der Waals surface area contributed by atoms with Crippen LogP contribution in [0.1, 0.15) is 19.3 Å². The summed E-state index contributed by atoms with van der Waals surface area (Å²) < 4.78 is 26.1. The molecule has 0 spiro atoms. The summed E-state index contributed by atoms with van der Waals surface area (Å²) >= 11 is 5.86. The molecule has 5 rings (SSSR count). The van der Waals surface area contributed by atoms with E-state index in [1.165, 1.54) is 12.4 Å². The summed E-state index contributed by atoms with van der Waals surface area (Å²) in [6, 6.07) is 7.96. The van der Waals surface area contributed by atoms with Crippen molar-refractivity contribution in [2.24, 2.45) is 5.92 Å². The number of carbonyl (C=O) groups is 1. The summed E-state index contributed by atoms with van der Waals surface area (Å²) in [4.78, 5) is 25.2. The Hall–Kier alpha value is -3.21. The molecule has 3 heterocycles. The number of aliphatic hydroxyl groups is 1. The van der Waals surface area contributed by atoms with Crippen molar-refractivity contribution < 1.29 is 23.8 Å². The zero-order chi connectivity index (χ0) is 26.6. The minimum absolute atomic E-state index is 0.122. The maximum atomic E-state index is 14.3. The van der Waals surface area contributed by atoms with Crippen LogP contribution in [0, 0.1) is 11.7 Å². The predicted octanol–water partition coefficient (Wildman–Crippen LogP) is 3.86. The number of piperidine rings is 1. The summed E-state index contributed by atoms with van der Waals surface area (Å²) in [7, 11) is 1.56. The van der Waals surface area contributed by atoms with Crippen LogP contribution in [0.4, 0.5) is 15.9 Å². The van der Waals surface area contributed by atoms with E-state index in [2.05, 4.69) is 15.3 Å². The molecule has 0 unspecified atom stereocenters. The molecule has 11 heteroatoms. The number of ether oxygens (including phenoxy) is 2. The standard InChI is InChI=1S/C27H31ClFN5O4/c1-37-24-11-20-23(30-16-31-27(20)32-22-3-2-18(28)10-21(22)29)12-25(24)38-15-17-4-8-34(9-5-17)26(36)14-33-7-6-19(35)13-33/h2-3,10-12,16-17,19,35H,4-9,13-15H2,1H3,(H,30,31,32)/t19-/m0/s1. The molecule has 0 saturated carbocycles. The first-order valence-corrected chi connectivity index (χ1v) is 13.1. The molecule has 38 heavy (non-hydrogen) atoms. The highest BCUT2D eigenvalue weighted by Crippen LogP contribution is 2.36. The Labute approximate surface area is 225 Å². The van der Waals surface area contributed by atoms with Crippen LogP contribution in [0.5, 0.6) is 11.5 Å². The first kappa shape index (κ1) is 26.4. The van der Waals surface area contributed by atoms with Crippen LogP contribution in [-0.4, -0.2) is 83.3 Å². The van der Waals surface area contributed by atoms with Crippen LogP contribution in [0.15, 0.2) is 36.7 Å². The minimum Gasteiger partial charge on any atom is -0.493 e.